The van der Waals surface area contributed by atoms with E-state index in [1.54, 1.807) is 11.3 Å². The Morgan fingerprint density at radius 1 is 1.59 bits per heavy atom. The first-order valence-corrected chi connectivity index (χ1v) is 7.21. The van der Waals surface area contributed by atoms with Crippen LogP contribution >= 0.6 is 22.9 Å². The first-order chi connectivity index (χ1) is 7.96. The highest BCUT2D eigenvalue weighted by Gasteiger charge is 2.30. The average molecular weight is 277 g/mol. The standard InChI is InChI=1S/C12H21ClN2OS/c1-5-10(15(4)12(2,3)8-16)11-14-9(6-13)7-17-11/h7,10,16H,5-6,8H2,1-4H3. The number of hydrogen-bond donors (Lipinski definition) is 1. The quantitative estimate of drug-likeness (QED) is 0.812. The fraction of sp³-hybridized carbons (Fsp3) is 0.750. The number of aliphatic hydroxyl groups excluding tert-OH is 1. The zero-order chi connectivity index (χ0) is 13.1. The van der Waals surface area contributed by atoms with Gasteiger partial charge in [0.1, 0.15) is 5.01 Å². The molecule has 5 heteroatoms. The van der Waals surface area contributed by atoms with E-state index in [1.807, 2.05) is 26.3 Å². The predicted molar refractivity (Wildman–Crippen MR) is 73.6 cm³/mol. The van der Waals surface area contributed by atoms with E-state index in [2.05, 4.69) is 16.8 Å². The molecule has 0 bridgehead atoms. The Morgan fingerprint density at radius 3 is 2.65 bits per heavy atom. The van der Waals surface area contributed by atoms with Crippen LogP contribution in [-0.2, 0) is 5.88 Å². The van der Waals surface area contributed by atoms with E-state index in [1.165, 1.54) is 0 Å². The van der Waals surface area contributed by atoms with Gasteiger partial charge in [0.2, 0.25) is 0 Å². The summed E-state index contributed by atoms with van der Waals surface area (Å²) < 4.78 is 0. The number of rotatable bonds is 6. The number of nitrogens with zero attached hydrogens (tertiary/aromatic N) is 2. The summed E-state index contributed by atoms with van der Waals surface area (Å²) >= 11 is 7.42. The van der Waals surface area contributed by atoms with Gasteiger partial charge in [-0.3, -0.25) is 4.90 Å². The van der Waals surface area contributed by atoms with Gasteiger partial charge in [-0.05, 0) is 27.3 Å². The SMILES string of the molecule is CCC(c1nc(CCl)cs1)N(C)C(C)(C)CO. The van der Waals surface area contributed by atoms with Gasteiger partial charge in [0.15, 0.2) is 0 Å². The molecule has 0 aromatic carbocycles. The van der Waals surface area contributed by atoms with Crippen molar-refractivity contribution >= 4 is 22.9 Å². The molecule has 0 fully saturated rings. The molecule has 0 spiro atoms. The topological polar surface area (TPSA) is 36.4 Å². The lowest BCUT2D eigenvalue weighted by Crippen LogP contribution is -2.46. The molecule has 3 nitrogen and oxygen atoms in total. The second kappa shape index (κ2) is 6.14. The lowest BCUT2D eigenvalue weighted by atomic mass is 10.0. The predicted octanol–water partition coefficient (Wildman–Crippen LogP) is 3.04. The Hall–Kier alpha value is -0.160. The maximum Gasteiger partial charge on any atom is 0.110 e. The molecule has 0 amide bonds. The van der Waals surface area contributed by atoms with E-state index in [0.717, 1.165) is 17.1 Å². The van der Waals surface area contributed by atoms with E-state index < -0.39 is 0 Å². The molecule has 0 aliphatic carbocycles. The maximum atomic E-state index is 9.43. The Kier molecular flexibility index (Phi) is 5.38. The molecular formula is C12H21ClN2OS. The van der Waals surface area contributed by atoms with Gasteiger partial charge in [-0.15, -0.1) is 22.9 Å². The van der Waals surface area contributed by atoms with Crippen molar-refractivity contribution in [3.63, 3.8) is 0 Å². The Morgan fingerprint density at radius 2 is 2.24 bits per heavy atom. The minimum atomic E-state index is -0.243. The highest BCUT2D eigenvalue weighted by Crippen LogP contribution is 2.31. The molecule has 1 heterocycles. The molecule has 0 aliphatic heterocycles. The minimum absolute atomic E-state index is 0.133. The number of aliphatic hydroxyl groups is 1. The van der Waals surface area contributed by atoms with E-state index in [-0.39, 0.29) is 18.2 Å². The summed E-state index contributed by atoms with van der Waals surface area (Å²) in [6.45, 7) is 6.33. The average Bonchev–Trinajstić information content (AvgIpc) is 2.78. The summed E-state index contributed by atoms with van der Waals surface area (Å²) in [6.07, 6.45) is 0.967. The Labute approximate surface area is 112 Å². The van der Waals surface area contributed by atoms with Crippen molar-refractivity contribution < 1.29 is 5.11 Å². The van der Waals surface area contributed by atoms with Crippen molar-refractivity contribution in [2.45, 2.75) is 44.7 Å². The van der Waals surface area contributed by atoms with Gasteiger partial charge >= 0.3 is 0 Å². The number of likely N-dealkylation sites (N-methyl/N-ethyl adjacent to an activating group) is 1. The van der Waals surface area contributed by atoms with Crippen LogP contribution < -0.4 is 0 Å². The van der Waals surface area contributed by atoms with Crippen molar-refractivity contribution in [2.75, 3.05) is 13.7 Å². The van der Waals surface area contributed by atoms with Crippen LogP contribution in [0, 0.1) is 0 Å². The van der Waals surface area contributed by atoms with Crippen LogP contribution in [0.5, 0.6) is 0 Å². The monoisotopic (exact) mass is 276 g/mol. The third kappa shape index (κ3) is 3.41. The summed E-state index contributed by atoms with van der Waals surface area (Å²) in [5, 5.41) is 12.5. The highest BCUT2D eigenvalue weighted by molar-refractivity contribution is 7.09. The number of aromatic nitrogens is 1. The first-order valence-electron chi connectivity index (χ1n) is 5.80. The van der Waals surface area contributed by atoms with Crippen molar-refractivity contribution in [1.82, 2.24) is 9.88 Å². The van der Waals surface area contributed by atoms with E-state index in [9.17, 15) is 5.11 Å². The van der Waals surface area contributed by atoms with Crippen LogP contribution in [0.3, 0.4) is 0 Å². The van der Waals surface area contributed by atoms with Crippen molar-refractivity contribution in [3.8, 4) is 0 Å². The third-order valence-corrected chi connectivity index (χ3v) is 4.46. The minimum Gasteiger partial charge on any atom is -0.394 e. The van der Waals surface area contributed by atoms with Gasteiger partial charge in [0.05, 0.1) is 24.2 Å². The number of halogens is 1. The van der Waals surface area contributed by atoms with Crippen LogP contribution in [0.25, 0.3) is 0 Å². The molecule has 1 unspecified atom stereocenters. The van der Waals surface area contributed by atoms with Gasteiger partial charge in [0, 0.05) is 10.9 Å². The Bertz CT molecular complexity index is 354. The first kappa shape index (κ1) is 14.9. The van der Waals surface area contributed by atoms with Gasteiger partial charge in [-0.2, -0.15) is 0 Å². The zero-order valence-electron chi connectivity index (χ0n) is 10.9. The molecule has 0 saturated carbocycles. The fourth-order valence-electron chi connectivity index (χ4n) is 1.68. The molecule has 1 rings (SSSR count). The molecule has 17 heavy (non-hydrogen) atoms. The van der Waals surface area contributed by atoms with Crippen LogP contribution in [0.2, 0.25) is 0 Å². The molecule has 1 aromatic rings. The Balaban J connectivity index is 2.91. The van der Waals surface area contributed by atoms with Crippen LogP contribution in [0.15, 0.2) is 5.38 Å². The summed E-state index contributed by atoms with van der Waals surface area (Å²) in [6, 6.07) is 0.235. The maximum absolute atomic E-state index is 9.43. The zero-order valence-corrected chi connectivity index (χ0v) is 12.5. The largest absolute Gasteiger partial charge is 0.394 e. The molecule has 98 valence electrons. The number of alkyl halides is 1. The van der Waals surface area contributed by atoms with Crippen LogP contribution in [0.4, 0.5) is 0 Å². The summed E-state index contributed by atoms with van der Waals surface area (Å²) in [5.41, 5.74) is 0.688. The molecule has 1 atom stereocenters. The fourth-order valence-corrected chi connectivity index (χ4v) is 2.96. The molecule has 1 aromatic heterocycles. The lowest BCUT2D eigenvalue weighted by Gasteiger charge is -2.38. The third-order valence-electron chi connectivity index (χ3n) is 3.19. The molecule has 0 aliphatic rings. The van der Waals surface area contributed by atoms with Gasteiger partial charge in [0.25, 0.3) is 0 Å². The normalized spacial score (nSPS) is 14.3. The summed E-state index contributed by atoms with van der Waals surface area (Å²) in [4.78, 5) is 6.72. The summed E-state index contributed by atoms with van der Waals surface area (Å²) in [5.74, 6) is 0.458. The van der Waals surface area contributed by atoms with Gasteiger partial charge in [-0.25, -0.2) is 4.98 Å². The lowest BCUT2D eigenvalue weighted by molar-refractivity contribution is 0.0427. The number of hydrogen-bond acceptors (Lipinski definition) is 4. The van der Waals surface area contributed by atoms with Crippen molar-refractivity contribution in [2.24, 2.45) is 0 Å². The van der Waals surface area contributed by atoms with Crippen molar-refractivity contribution in [3.05, 3.63) is 16.1 Å². The van der Waals surface area contributed by atoms with E-state index in [4.69, 9.17) is 11.6 Å². The molecule has 0 radical (unpaired) electrons. The second-order valence-electron chi connectivity index (χ2n) is 4.82. The number of thiazole rings is 1. The van der Waals surface area contributed by atoms with Crippen LogP contribution in [-0.4, -0.2) is 34.2 Å². The molecule has 1 N–H and O–H groups in total. The van der Waals surface area contributed by atoms with Gasteiger partial charge in [-0.1, -0.05) is 6.92 Å². The van der Waals surface area contributed by atoms with E-state index in [0.29, 0.717) is 5.88 Å². The van der Waals surface area contributed by atoms with Crippen LogP contribution in [0.1, 0.15) is 43.9 Å². The molecular weight excluding hydrogens is 256 g/mol. The summed E-state index contributed by atoms with van der Waals surface area (Å²) in [7, 11) is 2.03. The van der Waals surface area contributed by atoms with Crippen molar-refractivity contribution in [1.29, 1.82) is 0 Å². The second-order valence-corrected chi connectivity index (χ2v) is 5.97. The highest BCUT2D eigenvalue weighted by atomic mass is 35.5. The molecule has 0 saturated heterocycles. The van der Waals surface area contributed by atoms with Gasteiger partial charge < -0.3 is 5.11 Å². The van der Waals surface area contributed by atoms with E-state index >= 15 is 0 Å². The smallest absolute Gasteiger partial charge is 0.110 e.